The molecule has 0 saturated heterocycles. The third-order valence-corrected chi connectivity index (χ3v) is 13.4. The third-order valence-electron chi connectivity index (χ3n) is 7.40. The zero-order valence-corrected chi connectivity index (χ0v) is 27.2. The Morgan fingerprint density at radius 2 is 0.694 bits per heavy atom. The topological polar surface area (TPSA) is 57.2 Å². The van der Waals surface area contributed by atoms with Crippen molar-refractivity contribution in [3.05, 3.63) is 0 Å². The highest BCUT2D eigenvalue weighted by molar-refractivity contribution is 7.85. The van der Waals surface area contributed by atoms with Gasteiger partial charge in [0.15, 0.2) is 0 Å². The Morgan fingerprint density at radius 3 is 0.944 bits per heavy atom. The first kappa shape index (κ1) is 38.5. The zero-order valence-electron chi connectivity index (χ0n) is 25.5. The van der Waals surface area contributed by atoms with E-state index in [1.54, 1.807) is 38.0 Å². The second-order valence-electron chi connectivity index (χ2n) is 11.2. The van der Waals surface area contributed by atoms with Gasteiger partial charge < -0.3 is 4.55 Å². The van der Waals surface area contributed by atoms with Gasteiger partial charge in [-0.3, -0.25) is 0 Å². The minimum Gasteiger partial charge on any atom is -0.748 e. The molecule has 0 amide bonds. The Labute approximate surface area is 229 Å². The predicted molar refractivity (Wildman–Crippen MR) is 166 cm³/mol. The lowest BCUT2D eigenvalue weighted by molar-refractivity contribution is 0.462. The van der Waals surface area contributed by atoms with Crippen molar-refractivity contribution in [2.75, 3.05) is 30.4 Å². The van der Waals surface area contributed by atoms with Gasteiger partial charge in [-0.25, -0.2) is 8.42 Å². The van der Waals surface area contributed by atoms with E-state index in [1.165, 1.54) is 122 Å². The monoisotopic (exact) mass is 550 g/mol. The van der Waals surface area contributed by atoms with Crippen molar-refractivity contribution in [1.82, 2.24) is 0 Å². The largest absolute Gasteiger partial charge is 0.748 e. The van der Waals surface area contributed by atoms with Crippen LogP contribution in [0.2, 0.25) is 0 Å². The molecule has 0 spiro atoms. The van der Waals surface area contributed by atoms with Gasteiger partial charge >= 0.3 is 0 Å². The molecule has 0 unspecified atom stereocenters. The summed E-state index contributed by atoms with van der Waals surface area (Å²) in [5.41, 5.74) is 0. The SMILES string of the molecule is CCCCCCCCCCCCCCCC[P+](CCCC)(CCCC)CCCC.CCCS(=O)(=O)[O-]. The van der Waals surface area contributed by atoms with Gasteiger partial charge in [-0.15, -0.1) is 0 Å². The van der Waals surface area contributed by atoms with Crippen molar-refractivity contribution in [3.63, 3.8) is 0 Å². The maximum Gasteiger partial charge on any atom is 0.0945 e. The van der Waals surface area contributed by atoms with E-state index in [-0.39, 0.29) is 5.75 Å². The van der Waals surface area contributed by atoms with Crippen LogP contribution in [0, 0.1) is 0 Å². The summed E-state index contributed by atoms with van der Waals surface area (Å²) >= 11 is 0. The summed E-state index contributed by atoms with van der Waals surface area (Å²) in [5, 5.41) is 0. The first-order chi connectivity index (χ1) is 17.3. The van der Waals surface area contributed by atoms with Crippen LogP contribution in [0.5, 0.6) is 0 Å². The summed E-state index contributed by atoms with van der Waals surface area (Å²) in [6.07, 6.45) is 36.4. The first-order valence-corrected chi connectivity index (χ1v) is 20.2. The van der Waals surface area contributed by atoms with E-state index in [4.69, 9.17) is 0 Å². The standard InChI is InChI=1S/C28H60P.C3H8O3S/c1-5-9-13-14-15-16-17-18-19-20-21-22-23-24-28-29(25-10-6-2,26-11-7-3)27-12-8-4;1-2-3-7(4,5)6/h5-28H2,1-4H3;2-3H2,1H3,(H,4,5,6)/q+1;/p-1. The van der Waals surface area contributed by atoms with Gasteiger partial charge in [0.1, 0.15) is 0 Å². The number of unbranched alkanes of at least 4 members (excludes halogenated alkanes) is 16. The van der Waals surface area contributed by atoms with E-state index in [9.17, 15) is 13.0 Å². The number of rotatable bonds is 26. The molecule has 0 aromatic carbocycles. The Kier molecular flexibility index (Phi) is 30.3. The van der Waals surface area contributed by atoms with Crippen LogP contribution < -0.4 is 0 Å². The summed E-state index contributed by atoms with van der Waals surface area (Å²) in [6, 6.07) is 0. The molecule has 0 aromatic rings. The fourth-order valence-corrected chi connectivity index (χ4v) is 10.7. The lowest BCUT2D eigenvalue weighted by atomic mass is 10.0. The molecule has 0 aliphatic rings. The molecule has 0 saturated carbocycles. The van der Waals surface area contributed by atoms with E-state index in [0.29, 0.717) is 6.42 Å². The second kappa shape index (κ2) is 28.4. The third kappa shape index (κ3) is 28.9. The zero-order chi connectivity index (χ0) is 27.4. The molecule has 0 radical (unpaired) electrons. The molecule has 0 rings (SSSR count). The quantitative estimate of drug-likeness (QED) is 0.0611. The molecule has 0 N–H and O–H groups in total. The van der Waals surface area contributed by atoms with Gasteiger partial charge in [-0.2, -0.15) is 0 Å². The van der Waals surface area contributed by atoms with E-state index in [2.05, 4.69) is 27.7 Å². The van der Waals surface area contributed by atoms with Gasteiger partial charge in [-0.1, -0.05) is 131 Å². The highest BCUT2D eigenvalue weighted by Crippen LogP contribution is 2.61. The predicted octanol–water partition coefficient (Wildman–Crippen LogP) is 10.8. The van der Waals surface area contributed by atoms with Crippen LogP contribution >= 0.6 is 7.26 Å². The van der Waals surface area contributed by atoms with Crippen molar-refractivity contribution in [2.24, 2.45) is 0 Å². The molecule has 36 heavy (non-hydrogen) atoms. The molecular formula is C31H67O3PS. The molecule has 0 atom stereocenters. The Morgan fingerprint density at radius 1 is 0.417 bits per heavy atom. The summed E-state index contributed by atoms with van der Waals surface area (Å²) in [5.74, 6) is -0.243. The highest BCUT2D eigenvalue weighted by atomic mass is 32.2. The van der Waals surface area contributed by atoms with Gasteiger partial charge in [0.2, 0.25) is 0 Å². The molecule has 0 aliphatic carbocycles. The summed E-state index contributed by atoms with van der Waals surface area (Å²) in [7, 11) is -4.55. The van der Waals surface area contributed by atoms with E-state index in [0.717, 1.165) is 0 Å². The molecule has 0 aromatic heterocycles. The van der Waals surface area contributed by atoms with Crippen LogP contribution in [0.15, 0.2) is 0 Å². The minimum atomic E-state index is -3.92. The average Bonchev–Trinajstić information content (AvgIpc) is 2.84. The van der Waals surface area contributed by atoms with Crippen LogP contribution in [0.3, 0.4) is 0 Å². The van der Waals surface area contributed by atoms with Crippen LogP contribution in [0.1, 0.15) is 169 Å². The molecule has 3 nitrogen and oxygen atoms in total. The molecule has 0 bridgehead atoms. The maximum atomic E-state index is 9.68. The number of hydrogen-bond donors (Lipinski definition) is 0. The Bertz CT molecular complexity index is 500. The van der Waals surface area contributed by atoms with E-state index in [1.807, 2.05) is 0 Å². The minimum absolute atomic E-state index is 0.243. The Balaban J connectivity index is 0. The molecule has 0 heterocycles. The fourth-order valence-electron chi connectivity index (χ4n) is 5.04. The molecule has 0 aliphatic heterocycles. The molecule has 5 heteroatoms. The Hall–Kier alpha value is 0.340. The van der Waals surface area contributed by atoms with Crippen molar-refractivity contribution in [1.29, 1.82) is 0 Å². The lowest BCUT2D eigenvalue weighted by Gasteiger charge is -2.28. The van der Waals surface area contributed by atoms with Crippen LogP contribution in [-0.4, -0.2) is 43.4 Å². The van der Waals surface area contributed by atoms with Gasteiger partial charge in [0.25, 0.3) is 0 Å². The fraction of sp³-hybridized carbons (Fsp3) is 1.00. The van der Waals surface area contributed by atoms with E-state index < -0.39 is 17.4 Å². The van der Waals surface area contributed by atoms with Crippen LogP contribution in [0.25, 0.3) is 0 Å². The van der Waals surface area contributed by atoms with Crippen molar-refractivity contribution in [2.45, 2.75) is 169 Å². The lowest BCUT2D eigenvalue weighted by Crippen LogP contribution is -2.13. The normalized spacial score (nSPS) is 11.9. The summed E-state index contributed by atoms with van der Waals surface area (Å²) in [6.45, 7) is 11.1. The summed E-state index contributed by atoms with van der Waals surface area (Å²) < 4.78 is 29.0. The highest BCUT2D eigenvalue weighted by Gasteiger charge is 2.34. The van der Waals surface area contributed by atoms with Gasteiger partial charge in [0, 0.05) is 13.0 Å². The van der Waals surface area contributed by atoms with Crippen molar-refractivity contribution < 1.29 is 13.0 Å². The number of hydrogen-bond acceptors (Lipinski definition) is 3. The smallest absolute Gasteiger partial charge is 0.0945 e. The van der Waals surface area contributed by atoms with Gasteiger partial charge in [-0.05, 0) is 38.5 Å². The van der Waals surface area contributed by atoms with Crippen LogP contribution in [0.4, 0.5) is 0 Å². The molecule has 220 valence electrons. The summed E-state index contributed by atoms with van der Waals surface area (Å²) in [4.78, 5) is 0. The molecular weight excluding hydrogens is 483 g/mol. The first-order valence-electron chi connectivity index (χ1n) is 16.1. The van der Waals surface area contributed by atoms with Crippen molar-refractivity contribution in [3.8, 4) is 0 Å². The maximum absolute atomic E-state index is 9.68. The average molecular weight is 551 g/mol. The van der Waals surface area contributed by atoms with Crippen LogP contribution in [-0.2, 0) is 10.1 Å². The second-order valence-corrected chi connectivity index (χ2v) is 17.2. The van der Waals surface area contributed by atoms with Gasteiger partial charge in [0.05, 0.1) is 34.8 Å². The molecule has 0 fully saturated rings. The van der Waals surface area contributed by atoms with E-state index >= 15 is 0 Å². The van der Waals surface area contributed by atoms with Crippen molar-refractivity contribution >= 4 is 17.4 Å².